The number of benzene rings is 10. The molecule has 2 heteroatoms. The molecule has 2 nitrogen and oxygen atoms in total. The zero-order valence-electron chi connectivity index (χ0n) is 39.8. The maximum atomic E-state index is 2.44. The molecular formula is C66H56N2. The molecule has 10 aromatic carbocycles. The van der Waals surface area contributed by atoms with Gasteiger partial charge in [0.1, 0.15) is 0 Å². The van der Waals surface area contributed by atoms with E-state index in [2.05, 4.69) is 282 Å². The van der Waals surface area contributed by atoms with Crippen molar-refractivity contribution in [3.63, 3.8) is 0 Å². The highest BCUT2D eigenvalue weighted by Crippen LogP contribution is 2.44. The maximum absolute atomic E-state index is 2.44. The Bertz CT molecular complexity index is 3110. The van der Waals surface area contributed by atoms with Gasteiger partial charge in [0.05, 0.1) is 11.4 Å². The van der Waals surface area contributed by atoms with Crippen molar-refractivity contribution < 1.29 is 0 Å². The fourth-order valence-corrected chi connectivity index (χ4v) is 9.89. The topological polar surface area (TPSA) is 6.48 Å². The van der Waals surface area contributed by atoms with Crippen molar-refractivity contribution in [3.05, 3.63) is 264 Å². The van der Waals surface area contributed by atoms with Gasteiger partial charge in [0.15, 0.2) is 0 Å². The van der Waals surface area contributed by atoms with E-state index in [0.29, 0.717) is 0 Å². The molecule has 0 fully saturated rings. The van der Waals surface area contributed by atoms with E-state index in [1.54, 1.807) is 0 Å². The van der Waals surface area contributed by atoms with Crippen molar-refractivity contribution in [1.29, 1.82) is 0 Å². The van der Waals surface area contributed by atoms with Crippen molar-refractivity contribution in [2.24, 2.45) is 0 Å². The first kappa shape index (κ1) is 43.7. The fraction of sp³-hybridized carbons (Fsp3) is 0.0909. The third kappa shape index (κ3) is 8.77. The third-order valence-corrected chi connectivity index (χ3v) is 13.4. The van der Waals surface area contributed by atoms with Crippen molar-refractivity contribution in [2.45, 2.75) is 41.5 Å². The van der Waals surface area contributed by atoms with Crippen LogP contribution in [0.25, 0.3) is 55.6 Å². The van der Waals surface area contributed by atoms with Crippen LogP contribution in [-0.4, -0.2) is 0 Å². The number of para-hydroxylation sites is 2. The van der Waals surface area contributed by atoms with E-state index in [-0.39, 0.29) is 0 Å². The molecule has 0 radical (unpaired) electrons. The number of hydrogen-bond donors (Lipinski definition) is 0. The Balaban J connectivity index is 0.980. The molecule has 0 bridgehead atoms. The predicted molar refractivity (Wildman–Crippen MR) is 291 cm³/mol. The average Bonchev–Trinajstić information content (AvgIpc) is 3.37. The highest BCUT2D eigenvalue weighted by molar-refractivity contribution is 5.87. The van der Waals surface area contributed by atoms with Gasteiger partial charge in [-0.1, -0.05) is 170 Å². The standard InChI is InChI=1S/C66H56N2/c1-45-17-13-18-46(2)65(45)67(61-35-29-53(30-36-61)57-27-15-25-55(43-57)51-21-9-7-10-22-51)63-39-33-59(41-49(63)5)60-34-40-64(50(6)42-60)68(66-47(3)19-14-20-48(66)4)62-37-31-54(32-38-62)58-28-16-26-56(44-58)52-23-11-8-12-24-52/h7-44H,1-6H3. The summed E-state index contributed by atoms with van der Waals surface area (Å²) in [6.07, 6.45) is 0. The number of nitrogens with zero attached hydrogens (tertiary/aromatic N) is 2. The molecule has 0 heterocycles. The first-order valence-electron chi connectivity index (χ1n) is 23.7. The minimum atomic E-state index is 1.13. The Labute approximate surface area is 403 Å². The average molecular weight is 877 g/mol. The van der Waals surface area contributed by atoms with Gasteiger partial charge in [0.25, 0.3) is 0 Å². The van der Waals surface area contributed by atoms with Gasteiger partial charge < -0.3 is 9.80 Å². The van der Waals surface area contributed by atoms with E-state index in [1.807, 2.05) is 0 Å². The summed E-state index contributed by atoms with van der Waals surface area (Å²) >= 11 is 0. The highest BCUT2D eigenvalue weighted by atomic mass is 15.2. The predicted octanol–water partition coefficient (Wildman–Crippen LogP) is 18.8. The lowest BCUT2D eigenvalue weighted by Gasteiger charge is -2.31. The number of rotatable bonds is 11. The lowest BCUT2D eigenvalue weighted by Crippen LogP contribution is -2.14. The second-order valence-corrected chi connectivity index (χ2v) is 18.1. The van der Waals surface area contributed by atoms with Gasteiger partial charge in [0.2, 0.25) is 0 Å². The number of hydrogen-bond acceptors (Lipinski definition) is 2. The van der Waals surface area contributed by atoms with E-state index in [9.17, 15) is 0 Å². The zero-order chi connectivity index (χ0) is 46.7. The molecule has 0 spiro atoms. The van der Waals surface area contributed by atoms with Crippen LogP contribution in [0.15, 0.2) is 231 Å². The minimum absolute atomic E-state index is 1.13. The molecule has 0 amide bonds. The number of anilines is 6. The Morgan fingerprint density at radius 3 is 0.794 bits per heavy atom. The van der Waals surface area contributed by atoms with E-state index >= 15 is 0 Å². The van der Waals surface area contributed by atoms with Crippen LogP contribution in [0.1, 0.15) is 33.4 Å². The quantitative estimate of drug-likeness (QED) is 0.128. The van der Waals surface area contributed by atoms with Crippen LogP contribution in [0.3, 0.4) is 0 Å². The summed E-state index contributed by atoms with van der Waals surface area (Å²) in [6.45, 7) is 13.4. The molecule has 0 aliphatic rings. The van der Waals surface area contributed by atoms with Crippen molar-refractivity contribution in [2.75, 3.05) is 9.80 Å². The van der Waals surface area contributed by atoms with Crippen molar-refractivity contribution in [1.82, 2.24) is 0 Å². The molecule has 330 valence electrons. The van der Waals surface area contributed by atoms with E-state index in [4.69, 9.17) is 0 Å². The molecule has 0 N–H and O–H groups in total. The van der Waals surface area contributed by atoms with Crippen LogP contribution in [0.4, 0.5) is 34.1 Å². The van der Waals surface area contributed by atoms with Crippen molar-refractivity contribution in [3.8, 4) is 55.6 Å². The molecule has 0 unspecified atom stereocenters. The number of aryl methyl sites for hydroxylation is 6. The maximum Gasteiger partial charge on any atom is 0.0520 e. The minimum Gasteiger partial charge on any atom is -0.310 e. The van der Waals surface area contributed by atoms with Crippen molar-refractivity contribution >= 4 is 34.1 Å². The lowest BCUT2D eigenvalue weighted by molar-refractivity contribution is 1.20. The molecule has 68 heavy (non-hydrogen) atoms. The van der Waals surface area contributed by atoms with Gasteiger partial charge in [-0.3, -0.25) is 0 Å². The van der Waals surface area contributed by atoms with Gasteiger partial charge in [-0.15, -0.1) is 0 Å². The van der Waals surface area contributed by atoms with Gasteiger partial charge in [-0.2, -0.15) is 0 Å². The summed E-state index contributed by atoms with van der Waals surface area (Å²) in [4.78, 5) is 4.88. The zero-order valence-corrected chi connectivity index (χ0v) is 39.8. The van der Waals surface area contributed by atoms with E-state index in [1.165, 1.54) is 100 Å². The van der Waals surface area contributed by atoms with Crippen LogP contribution in [0.2, 0.25) is 0 Å². The second kappa shape index (κ2) is 19.0. The normalized spacial score (nSPS) is 11.1. The van der Waals surface area contributed by atoms with E-state index < -0.39 is 0 Å². The molecule has 10 aromatic rings. The molecule has 0 atom stereocenters. The first-order valence-corrected chi connectivity index (χ1v) is 23.7. The summed E-state index contributed by atoms with van der Waals surface area (Å²) in [5.74, 6) is 0. The third-order valence-electron chi connectivity index (χ3n) is 13.4. The highest BCUT2D eigenvalue weighted by Gasteiger charge is 2.22. The molecule has 10 rings (SSSR count). The summed E-state index contributed by atoms with van der Waals surface area (Å²) in [7, 11) is 0. The molecular weight excluding hydrogens is 821 g/mol. The van der Waals surface area contributed by atoms with Crippen LogP contribution in [0.5, 0.6) is 0 Å². The van der Waals surface area contributed by atoms with Crippen LogP contribution < -0.4 is 9.80 Å². The van der Waals surface area contributed by atoms with Crippen LogP contribution in [0, 0.1) is 41.5 Å². The largest absolute Gasteiger partial charge is 0.310 e. The molecule has 0 saturated heterocycles. The summed E-state index contributed by atoms with van der Waals surface area (Å²) < 4.78 is 0. The second-order valence-electron chi connectivity index (χ2n) is 18.1. The Hall–Kier alpha value is -8.20. The molecule has 0 saturated carbocycles. The van der Waals surface area contributed by atoms with Crippen LogP contribution in [-0.2, 0) is 0 Å². The van der Waals surface area contributed by atoms with Gasteiger partial charge in [-0.25, -0.2) is 0 Å². The Morgan fingerprint density at radius 1 is 0.206 bits per heavy atom. The van der Waals surface area contributed by atoms with E-state index in [0.717, 1.165) is 22.7 Å². The lowest BCUT2D eigenvalue weighted by atomic mass is 9.96. The summed E-state index contributed by atoms with van der Waals surface area (Å²) in [5, 5.41) is 0. The summed E-state index contributed by atoms with van der Waals surface area (Å²) in [6, 6.07) is 84.0. The van der Waals surface area contributed by atoms with Gasteiger partial charge in [0, 0.05) is 22.7 Å². The SMILES string of the molecule is Cc1cc(-c2ccc(N(c3ccc(-c4cccc(-c5ccccc5)c4)cc3)c3c(C)cccc3C)c(C)c2)ccc1N(c1ccc(-c2cccc(-c3ccccc3)c2)cc1)c1c(C)cccc1C. The van der Waals surface area contributed by atoms with Gasteiger partial charge >= 0.3 is 0 Å². The molecule has 0 aliphatic heterocycles. The summed E-state index contributed by atoms with van der Waals surface area (Å²) in [5.41, 5.74) is 26.4. The Morgan fingerprint density at radius 2 is 0.471 bits per heavy atom. The smallest absolute Gasteiger partial charge is 0.0520 e. The first-order chi connectivity index (χ1) is 33.2. The Kier molecular flexibility index (Phi) is 12.2. The van der Waals surface area contributed by atoms with Gasteiger partial charge in [-0.05, 0) is 191 Å². The molecule has 0 aromatic heterocycles. The monoisotopic (exact) mass is 876 g/mol. The van der Waals surface area contributed by atoms with Crippen LogP contribution >= 0.6 is 0 Å². The fourth-order valence-electron chi connectivity index (χ4n) is 9.89. The molecule has 0 aliphatic carbocycles.